The van der Waals surface area contributed by atoms with E-state index in [4.69, 9.17) is 0 Å². The van der Waals surface area contributed by atoms with E-state index in [0.717, 1.165) is 12.8 Å². The fraction of sp³-hybridized carbons (Fsp3) is 0.348. The minimum absolute atomic E-state index is 0.0272. The van der Waals surface area contributed by atoms with E-state index in [0.29, 0.717) is 17.0 Å². The molecule has 30 heavy (non-hydrogen) atoms. The fourth-order valence-electron chi connectivity index (χ4n) is 3.94. The van der Waals surface area contributed by atoms with Crippen molar-refractivity contribution in [2.75, 3.05) is 11.9 Å². The molecule has 2 aromatic carbocycles. The summed E-state index contributed by atoms with van der Waals surface area (Å²) in [6.07, 6.45) is 0.766. The van der Waals surface area contributed by atoms with E-state index in [1.165, 1.54) is 11.0 Å². The average Bonchev–Trinajstić information content (AvgIpc) is 2.83. The van der Waals surface area contributed by atoms with E-state index in [1.54, 1.807) is 43.4 Å². The number of amides is 3. The summed E-state index contributed by atoms with van der Waals surface area (Å²) in [5, 5.41) is 5.61. The number of anilines is 1. The number of para-hydroxylation sites is 1. The number of carbonyl (C=O) groups is 2. The third-order valence-corrected chi connectivity index (χ3v) is 6.07. The molecule has 156 valence electrons. The molecule has 0 spiro atoms. The van der Waals surface area contributed by atoms with Gasteiger partial charge in [-0.1, -0.05) is 44.2 Å². The van der Waals surface area contributed by atoms with Crippen LogP contribution in [0, 0.1) is 11.2 Å². The Kier molecular flexibility index (Phi) is 5.05. The molecule has 4 rings (SSSR count). The van der Waals surface area contributed by atoms with Crippen molar-refractivity contribution >= 4 is 23.3 Å². The Morgan fingerprint density at radius 3 is 2.40 bits per heavy atom. The van der Waals surface area contributed by atoms with Gasteiger partial charge in [0.1, 0.15) is 5.82 Å². The van der Waals surface area contributed by atoms with Crippen molar-refractivity contribution in [2.45, 2.75) is 38.9 Å². The van der Waals surface area contributed by atoms with Crippen molar-refractivity contribution in [3.05, 3.63) is 65.5 Å². The van der Waals surface area contributed by atoms with E-state index < -0.39 is 23.9 Å². The molecule has 2 aromatic rings. The van der Waals surface area contributed by atoms with Crippen molar-refractivity contribution in [3.63, 3.8) is 0 Å². The number of benzene rings is 2. The SMILES string of the molecule is CN1C(=O)C(NC(=O)NC2CCC2(C)C)N=C(c2ccccc2F)c2ccccc21. The van der Waals surface area contributed by atoms with Crippen molar-refractivity contribution in [1.82, 2.24) is 10.6 Å². The maximum Gasteiger partial charge on any atom is 0.317 e. The zero-order chi connectivity index (χ0) is 21.5. The van der Waals surface area contributed by atoms with Crippen LogP contribution in [-0.2, 0) is 4.79 Å². The van der Waals surface area contributed by atoms with Crippen LogP contribution in [0.1, 0.15) is 37.8 Å². The number of hydrogen-bond acceptors (Lipinski definition) is 3. The van der Waals surface area contributed by atoms with Gasteiger partial charge in [0.2, 0.25) is 6.17 Å². The molecule has 1 heterocycles. The Labute approximate surface area is 175 Å². The molecule has 0 radical (unpaired) electrons. The molecule has 2 aliphatic rings. The lowest BCUT2D eigenvalue weighted by Crippen LogP contribution is -2.57. The molecule has 6 nitrogen and oxygen atoms in total. The minimum Gasteiger partial charge on any atom is -0.335 e. The van der Waals surface area contributed by atoms with E-state index in [-0.39, 0.29) is 17.0 Å². The van der Waals surface area contributed by atoms with Gasteiger partial charge in [0.25, 0.3) is 5.91 Å². The van der Waals surface area contributed by atoms with Crippen LogP contribution in [-0.4, -0.2) is 36.9 Å². The summed E-state index contributed by atoms with van der Waals surface area (Å²) in [4.78, 5) is 31.7. The maximum absolute atomic E-state index is 14.6. The summed E-state index contributed by atoms with van der Waals surface area (Å²) < 4.78 is 14.6. The van der Waals surface area contributed by atoms with Crippen LogP contribution >= 0.6 is 0 Å². The predicted molar refractivity (Wildman–Crippen MR) is 114 cm³/mol. The monoisotopic (exact) mass is 408 g/mol. The number of likely N-dealkylation sites (N-methyl/N-ethyl adjacent to an activating group) is 1. The summed E-state index contributed by atoms with van der Waals surface area (Å²) in [6.45, 7) is 4.19. The Balaban J connectivity index is 1.70. The second-order valence-electron chi connectivity index (χ2n) is 8.47. The average molecular weight is 408 g/mol. The molecular weight excluding hydrogens is 383 g/mol. The number of rotatable bonds is 3. The molecule has 3 amide bonds. The molecule has 1 saturated carbocycles. The molecule has 0 bridgehead atoms. The lowest BCUT2D eigenvalue weighted by Gasteiger charge is -2.44. The number of benzodiazepines with no additional fused rings is 1. The summed E-state index contributed by atoms with van der Waals surface area (Å²) in [7, 11) is 1.63. The molecule has 1 aliphatic carbocycles. The van der Waals surface area contributed by atoms with Crippen LogP contribution in [0.25, 0.3) is 0 Å². The van der Waals surface area contributed by atoms with Crippen molar-refractivity contribution in [2.24, 2.45) is 10.4 Å². The fourth-order valence-corrected chi connectivity index (χ4v) is 3.94. The Bertz CT molecular complexity index is 1030. The number of fused-ring (bicyclic) bond motifs is 1. The predicted octanol–water partition coefficient (Wildman–Crippen LogP) is 3.45. The van der Waals surface area contributed by atoms with Crippen molar-refractivity contribution in [3.8, 4) is 0 Å². The highest BCUT2D eigenvalue weighted by Gasteiger charge is 2.40. The van der Waals surface area contributed by atoms with Crippen LogP contribution in [0.4, 0.5) is 14.9 Å². The maximum atomic E-state index is 14.6. The standard InChI is InChI=1S/C23H25FN4O2/c1-23(2)13-12-18(23)25-22(30)27-20-21(29)28(3)17-11-7-5-9-15(17)19(26-20)14-8-4-6-10-16(14)24/h4-11,18,20H,12-13H2,1-3H3,(H2,25,27,30). The third-order valence-electron chi connectivity index (χ3n) is 6.07. The normalized spacial score (nSPS) is 22.3. The number of urea groups is 1. The van der Waals surface area contributed by atoms with Crippen molar-refractivity contribution in [1.29, 1.82) is 0 Å². The van der Waals surface area contributed by atoms with E-state index in [1.807, 2.05) is 6.07 Å². The summed E-state index contributed by atoms with van der Waals surface area (Å²) in [6, 6.07) is 13.1. The van der Waals surface area contributed by atoms with Gasteiger partial charge >= 0.3 is 6.03 Å². The first-order chi connectivity index (χ1) is 14.3. The van der Waals surface area contributed by atoms with Gasteiger partial charge < -0.3 is 15.5 Å². The lowest BCUT2D eigenvalue weighted by atomic mass is 9.67. The van der Waals surface area contributed by atoms with Crippen LogP contribution in [0.2, 0.25) is 0 Å². The number of hydrogen-bond donors (Lipinski definition) is 2. The van der Waals surface area contributed by atoms with Gasteiger partial charge in [-0.2, -0.15) is 0 Å². The molecule has 2 atom stereocenters. The molecule has 7 heteroatoms. The Morgan fingerprint density at radius 1 is 1.10 bits per heavy atom. The highest BCUT2D eigenvalue weighted by molar-refractivity contribution is 6.20. The highest BCUT2D eigenvalue weighted by Crippen LogP contribution is 2.39. The second-order valence-corrected chi connectivity index (χ2v) is 8.47. The summed E-state index contributed by atoms with van der Waals surface area (Å²) in [5.41, 5.74) is 1.87. The van der Waals surface area contributed by atoms with E-state index in [2.05, 4.69) is 29.5 Å². The molecular formula is C23H25FN4O2. The molecule has 1 aliphatic heterocycles. The van der Waals surface area contributed by atoms with E-state index >= 15 is 0 Å². The van der Waals surface area contributed by atoms with Crippen LogP contribution < -0.4 is 15.5 Å². The van der Waals surface area contributed by atoms with Crippen LogP contribution in [0.3, 0.4) is 0 Å². The number of nitrogens with zero attached hydrogens (tertiary/aromatic N) is 2. The smallest absolute Gasteiger partial charge is 0.317 e. The number of halogens is 1. The molecule has 2 N–H and O–H groups in total. The quantitative estimate of drug-likeness (QED) is 0.816. The first-order valence-electron chi connectivity index (χ1n) is 10.0. The topological polar surface area (TPSA) is 73.8 Å². The third kappa shape index (κ3) is 3.56. The van der Waals surface area contributed by atoms with Gasteiger partial charge in [0.15, 0.2) is 0 Å². The number of nitrogens with one attached hydrogen (secondary N) is 2. The molecule has 1 fully saturated rings. The molecule has 2 unspecified atom stereocenters. The minimum atomic E-state index is -1.17. The number of aliphatic imine (C=N–C) groups is 1. The summed E-state index contributed by atoms with van der Waals surface area (Å²) >= 11 is 0. The van der Waals surface area contributed by atoms with E-state index in [9.17, 15) is 14.0 Å². The van der Waals surface area contributed by atoms with Gasteiger partial charge in [0.05, 0.1) is 11.4 Å². The lowest BCUT2D eigenvalue weighted by molar-refractivity contribution is -0.119. The first-order valence-corrected chi connectivity index (χ1v) is 10.0. The second kappa shape index (κ2) is 7.55. The van der Waals surface area contributed by atoms with Gasteiger partial charge in [-0.25, -0.2) is 14.2 Å². The molecule has 0 aromatic heterocycles. The number of carbonyl (C=O) groups excluding carboxylic acids is 2. The van der Waals surface area contributed by atoms with Gasteiger partial charge in [-0.3, -0.25) is 4.79 Å². The first kappa shape index (κ1) is 20.1. The zero-order valence-corrected chi connectivity index (χ0v) is 17.3. The molecule has 0 saturated heterocycles. The van der Waals surface area contributed by atoms with Gasteiger partial charge in [-0.05, 0) is 36.5 Å². The Hall–Kier alpha value is -3.22. The van der Waals surface area contributed by atoms with Gasteiger partial charge in [-0.15, -0.1) is 0 Å². The highest BCUT2D eigenvalue weighted by atomic mass is 19.1. The van der Waals surface area contributed by atoms with Crippen LogP contribution in [0.5, 0.6) is 0 Å². The van der Waals surface area contributed by atoms with Crippen molar-refractivity contribution < 1.29 is 14.0 Å². The summed E-state index contributed by atoms with van der Waals surface area (Å²) in [5.74, 6) is -0.834. The van der Waals surface area contributed by atoms with Gasteiger partial charge in [0, 0.05) is 24.2 Å². The zero-order valence-electron chi connectivity index (χ0n) is 17.3. The Morgan fingerprint density at radius 2 is 1.77 bits per heavy atom. The van der Waals surface area contributed by atoms with Crippen LogP contribution in [0.15, 0.2) is 53.5 Å². The largest absolute Gasteiger partial charge is 0.335 e.